The van der Waals surface area contributed by atoms with E-state index in [-0.39, 0.29) is 22.2 Å². The third-order valence-corrected chi connectivity index (χ3v) is 2.64. The lowest BCUT2D eigenvalue weighted by molar-refractivity contribution is 0.0732. The number of ketones is 1. The van der Waals surface area contributed by atoms with Crippen molar-refractivity contribution in [1.82, 2.24) is 4.98 Å². The summed E-state index contributed by atoms with van der Waals surface area (Å²) < 4.78 is 5.20. The van der Waals surface area contributed by atoms with Crippen LogP contribution in [0.4, 0.5) is 0 Å². The molecule has 0 aliphatic rings. The fourth-order valence-electron chi connectivity index (χ4n) is 1.53. The van der Waals surface area contributed by atoms with Gasteiger partial charge < -0.3 is 4.74 Å². The maximum absolute atomic E-state index is 11.9. The van der Waals surface area contributed by atoms with Gasteiger partial charge in [0.05, 0.1) is 11.1 Å². The molecule has 0 N–H and O–H groups in total. The molecule has 2 rings (SSSR count). The number of pyridine rings is 1. The van der Waals surface area contributed by atoms with E-state index in [0.29, 0.717) is 5.56 Å². The quantitative estimate of drug-likeness (QED) is 0.374. The normalized spacial score (nSPS) is 10.0. The average Bonchev–Trinajstić information content (AvgIpc) is 2.39. The molecule has 1 heterocycles. The Balaban J connectivity index is 2.27. The fourth-order valence-corrected chi connectivity index (χ4v) is 1.71. The van der Waals surface area contributed by atoms with Gasteiger partial charge in [-0.15, -0.1) is 0 Å². The van der Waals surface area contributed by atoms with Crippen molar-refractivity contribution < 1.29 is 14.3 Å². The summed E-state index contributed by atoms with van der Waals surface area (Å²) in [5, 5.41) is 0.203. The highest BCUT2D eigenvalue weighted by molar-refractivity contribution is 6.29. The number of Topliss-reactive ketones (excluding diaryl/α,β-unsaturated/α-hetero) is 1. The lowest BCUT2D eigenvalue weighted by atomic mass is 10.1. The number of ether oxygens (including phenoxy) is 1. The van der Waals surface area contributed by atoms with Crippen LogP contribution in [0.5, 0.6) is 5.75 Å². The van der Waals surface area contributed by atoms with Gasteiger partial charge in [0.2, 0.25) is 0 Å². The molecule has 19 heavy (non-hydrogen) atoms. The summed E-state index contributed by atoms with van der Waals surface area (Å²) in [4.78, 5) is 27.1. The molecule has 0 bridgehead atoms. The van der Waals surface area contributed by atoms with E-state index in [9.17, 15) is 9.59 Å². The van der Waals surface area contributed by atoms with Crippen molar-refractivity contribution in [2.24, 2.45) is 0 Å². The second-order valence-corrected chi connectivity index (χ2v) is 4.20. The first-order valence-corrected chi connectivity index (χ1v) is 5.89. The number of carbonyl (C=O) groups excluding carboxylic acids is 2. The second kappa shape index (κ2) is 5.63. The minimum absolute atomic E-state index is 0.170. The molecular weight excluding hydrogens is 266 g/mol. The van der Waals surface area contributed by atoms with E-state index in [1.165, 1.54) is 25.3 Å². The minimum Gasteiger partial charge on any atom is -0.422 e. The maximum atomic E-state index is 11.9. The summed E-state index contributed by atoms with van der Waals surface area (Å²) in [5.41, 5.74) is 0.634. The lowest BCUT2D eigenvalue weighted by Gasteiger charge is -2.07. The average molecular weight is 276 g/mol. The molecule has 0 fully saturated rings. The van der Waals surface area contributed by atoms with E-state index in [4.69, 9.17) is 16.3 Å². The first kappa shape index (κ1) is 13.2. The number of halogens is 1. The summed E-state index contributed by atoms with van der Waals surface area (Å²) in [6.45, 7) is 1.41. The zero-order valence-corrected chi connectivity index (χ0v) is 10.8. The topological polar surface area (TPSA) is 56.3 Å². The third-order valence-electron chi connectivity index (χ3n) is 2.43. The molecule has 0 saturated carbocycles. The molecular formula is C14H10ClNO3. The Morgan fingerprint density at radius 3 is 2.63 bits per heavy atom. The SMILES string of the molecule is CC(=O)c1ccccc1OC(=O)c1ccnc(Cl)c1. The molecule has 1 aromatic carbocycles. The van der Waals surface area contributed by atoms with Crippen LogP contribution >= 0.6 is 11.6 Å². The molecule has 0 spiro atoms. The van der Waals surface area contributed by atoms with Crippen molar-refractivity contribution in [2.75, 3.05) is 0 Å². The van der Waals surface area contributed by atoms with Crippen molar-refractivity contribution in [3.05, 3.63) is 58.9 Å². The van der Waals surface area contributed by atoms with Gasteiger partial charge in [0, 0.05) is 6.20 Å². The minimum atomic E-state index is -0.585. The predicted molar refractivity (Wildman–Crippen MR) is 70.7 cm³/mol. The summed E-state index contributed by atoms with van der Waals surface area (Å²) in [6, 6.07) is 9.46. The summed E-state index contributed by atoms with van der Waals surface area (Å²) >= 11 is 5.70. The summed E-state index contributed by atoms with van der Waals surface area (Å²) in [5.74, 6) is -0.526. The molecule has 1 aromatic heterocycles. The van der Waals surface area contributed by atoms with Crippen LogP contribution in [0, 0.1) is 0 Å². The van der Waals surface area contributed by atoms with Gasteiger partial charge in [-0.3, -0.25) is 4.79 Å². The molecule has 0 aliphatic heterocycles. The highest BCUT2D eigenvalue weighted by Gasteiger charge is 2.13. The van der Waals surface area contributed by atoms with Crippen molar-refractivity contribution in [3.8, 4) is 5.75 Å². The fraction of sp³-hybridized carbons (Fsp3) is 0.0714. The van der Waals surface area contributed by atoms with Crippen LogP contribution in [0.1, 0.15) is 27.6 Å². The first-order valence-electron chi connectivity index (χ1n) is 5.51. The van der Waals surface area contributed by atoms with E-state index in [0.717, 1.165) is 0 Å². The van der Waals surface area contributed by atoms with E-state index >= 15 is 0 Å². The smallest absolute Gasteiger partial charge is 0.343 e. The van der Waals surface area contributed by atoms with Gasteiger partial charge in [-0.25, -0.2) is 9.78 Å². The zero-order chi connectivity index (χ0) is 13.8. The number of para-hydroxylation sites is 1. The molecule has 0 saturated heterocycles. The number of hydrogen-bond acceptors (Lipinski definition) is 4. The van der Waals surface area contributed by atoms with Gasteiger partial charge in [-0.05, 0) is 31.2 Å². The standard InChI is InChI=1S/C14H10ClNO3/c1-9(17)11-4-2-3-5-12(11)19-14(18)10-6-7-16-13(15)8-10/h2-8H,1H3. The van der Waals surface area contributed by atoms with E-state index in [1.807, 2.05) is 0 Å². The van der Waals surface area contributed by atoms with Crippen molar-refractivity contribution in [1.29, 1.82) is 0 Å². The van der Waals surface area contributed by atoms with Crippen LogP contribution in [0.2, 0.25) is 5.15 Å². The van der Waals surface area contributed by atoms with E-state index in [2.05, 4.69) is 4.98 Å². The van der Waals surface area contributed by atoms with Crippen LogP contribution in [0.25, 0.3) is 0 Å². The highest BCUT2D eigenvalue weighted by Crippen LogP contribution is 2.20. The van der Waals surface area contributed by atoms with Crippen LogP contribution in [0.3, 0.4) is 0 Å². The van der Waals surface area contributed by atoms with E-state index < -0.39 is 5.97 Å². The molecule has 4 nitrogen and oxygen atoms in total. The lowest BCUT2D eigenvalue weighted by Crippen LogP contribution is -2.11. The number of esters is 1. The molecule has 96 valence electrons. The maximum Gasteiger partial charge on any atom is 0.343 e. The predicted octanol–water partition coefficient (Wildman–Crippen LogP) is 3.16. The number of nitrogens with zero attached hydrogens (tertiary/aromatic N) is 1. The summed E-state index contributed by atoms with van der Waals surface area (Å²) in [7, 11) is 0. The van der Waals surface area contributed by atoms with Crippen LogP contribution < -0.4 is 4.74 Å². The largest absolute Gasteiger partial charge is 0.422 e. The Bertz CT molecular complexity index is 640. The number of rotatable bonds is 3. The molecule has 0 amide bonds. The Labute approximate surface area is 115 Å². The van der Waals surface area contributed by atoms with Crippen molar-refractivity contribution >= 4 is 23.4 Å². The molecule has 0 unspecified atom stereocenters. The van der Waals surface area contributed by atoms with Gasteiger partial charge in [-0.1, -0.05) is 23.7 Å². The molecule has 2 aromatic rings. The Kier molecular flexibility index (Phi) is 3.92. The van der Waals surface area contributed by atoms with Crippen LogP contribution in [-0.2, 0) is 0 Å². The van der Waals surface area contributed by atoms with E-state index in [1.54, 1.807) is 24.3 Å². The Morgan fingerprint density at radius 1 is 1.21 bits per heavy atom. The monoisotopic (exact) mass is 275 g/mol. The zero-order valence-electron chi connectivity index (χ0n) is 10.1. The third kappa shape index (κ3) is 3.17. The number of hydrogen-bond donors (Lipinski definition) is 0. The first-order chi connectivity index (χ1) is 9.08. The van der Waals surface area contributed by atoms with Crippen LogP contribution in [0.15, 0.2) is 42.6 Å². The molecule has 0 radical (unpaired) electrons. The molecule has 5 heteroatoms. The second-order valence-electron chi connectivity index (χ2n) is 3.81. The van der Waals surface area contributed by atoms with Crippen molar-refractivity contribution in [3.63, 3.8) is 0 Å². The van der Waals surface area contributed by atoms with Gasteiger partial charge in [0.1, 0.15) is 10.9 Å². The number of aromatic nitrogens is 1. The number of benzene rings is 1. The van der Waals surface area contributed by atoms with Gasteiger partial charge in [-0.2, -0.15) is 0 Å². The van der Waals surface area contributed by atoms with Gasteiger partial charge >= 0.3 is 5.97 Å². The van der Waals surface area contributed by atoms with Gasteiger partial charge in [0.25, 0.3) is 0 Å². The Hall–Kier alpha value is -2.20. The Morgan fingerprint density at radius 2 is 1.95 bits per heavy atom. The highest BCUT2D eigenvalue weighted by atomic mass is 35.5. The van der Waals surface area contributed by atoms with Gasteiger partial charge in [0.15, 0.2) is 5.78 Å². The van der Waals surface area contributed by atoms with Crippen LogP contribution in [-0.4, -0.2) is 16.7 Å². The molecule has 0 aliphatic carbocycles. The molecule has 0 atom stereocenters. The summed E-state index contributed by atoms with van der Waals surface area (Å²) in [6.07, 6.45) is 1.41. The van der Waals surface area contributed by atoms with Crippen molar-refractivity contribution in [2.45, 2.75) is 6.92 Å². The number of carbonyl (C=O) groups is 2.